The van der Waals surface area contributed by atoms with Crippen LogP contribution in [-0.2, 0) is 48.0 Å². The van der Waals surface area contributed by atoms with Crippen molar-refractivity contribution in [1.82, 2.24) is 44.8 Å². The minimum Gasteiger partial charge on any atom is -0.462 e. The third-order valence-electron chi connectivity index (χ3n) is 11.1. The van der Waals surface area contributed by atoms with E-state index in [1.165, 1.54) is 22.7 Å². The van der Waals surface area contributed by atoms with Crippen LogP contribution in [0, 0.1) is 6.92 Å². The summed E-state index contributed by atoms with van der Waals surface area (Å²) < 4.78 is 37.5. The zero-order valence-corrected chi connectivity index (χ0v) is 40.6. The fraction of sp³-hybridized carbons (Fsp3) is 0.375. The third kappa shape index (κ3) is 14.2. The Morgan fingerprint density at radius 2 is 1.41 bits per heavy atom. The first-order chi connectivity index (χ1) is 34.7. The number of Topliss-reactive ketones (excluding diaryl/α,β-unsaturated/α-hetero) is 2. The number of hydrogen-bond acceptors (Lipinski definition) is 19. The smallest absolute Gasteiger partial charge is 0.257 e. The number of furan rings is 2. The Bertz CT molecular complexity index is 3000. The summed E-state index contributed by atoms with van der Waals surface area (Å²) in [6, 6.07) is 17.1. The van der Waals surface area contributed by atoms with Gasteiger partial charge in [-0.15, -0.1) is 20.4 Å². The number of carbonyl (C=O) groups is 4. The van der Waals surface area contributed by atoms with E-state index in [0.29, 0.717) is 120 Å². The van der Waals surface area contributed by atoms with Gasteiger partial charge in [-0.05, 0) is 80.4 Å². The summed E-state index contributed by atoms with van der Waals surface area (Å²) in [5.41, 5.74) is 10.2. The first-order valence-corrected chi connectivity index (χ1v) is 24.7. The molecule has 1 atom stereocenters. The molecule has 0 unspecified atom stereocenters. The molecule has 2 aromatic carbocycles. The number of ether oxygens (including phenoxy) is 4. The number of fused-ring (bicyclic) bond motifs is 2. The van der Waals surface area contributed by atoms with Crippen LogP contribution in [0.3, 0.4) is 0 Å². The van der Waals surface area contributed by atoms with Crippen LogP contribution < -0.4 is 16.4 Å². The molecule has 71 heavy (non-hydrogen) atoms. The molecule has 4 N–H and O–H groups in total. The van der Waals surface area contributed by atoms with Gasteiger partial charge < -0.3 is 48.0 Å². The predicted molar refractivity (Wildman–Crippen MR) is 263 cm³/mol. The second kappa shape index (κ2) is 25.3. The standard InChI is InChI=1S/C48H53N11O10S2/c1-31-52-37-27-32(40(61)29-43-54-55-46(70-43)41-6-3-18-68-41)8-13-39(37)59(31)16-22-67-25-23-64-17-2-5-34(60)10-11-35(49)45(63)50-14-20-65-24-26-66-21-15-58-30-51-36-28-33(9-12-38(36)58)44(62)53-48-57-56-47(71-48)42-7-4-19-69-42/h3-4,6-9,12-13,18-19,27-28,30,35H,2,5,10-11,14-17,20-26,29,49H2,1H3,(H,50,63)(H,53,57,62)/t35-/m0/s1. The molecule has 0 aliphatic heterocycles. The van der Waals surface area contributed by atoms with Crippen molar-refractivity contribution in [2.75, 3.05) is 64.7 Å². The van der Waals surface area contributed by atoms with Gasteiger partial charge in [-0.3, -0.25) is 24.5 Å². The van der Waals surface area contributed by atoms with Crippen LogP contribution in [0.2, 0.25) is 0 Å². The van der Waals surface area contributed by atoms with Gasteiger partial charge >= 0.3 is 0 Å². The first-order valence-electron chi connectivity index (χ1n) is 23.0. The van der Waals surface area contributed by atoms with Crippen LogP contribution >= 0.6 is 22.7 Å². The van der Waals surface area contributed by atoms with Crippen molar-refractivity contribution in [3.05, 3.63) is 101 Å². The van der Waals surface area contributed by atoms with Crippen LogP contribution in [0.4, 0.5) is 5.13 Å². The maximum atomic E-state index is 13.0. The number of ketones is 2. The number of imidazole rings is 2. The molecule has 0 aliphatic carbocycles. The van der Waals surface area contributed by atoms with E-state index in [4.69, 9.17) is 33.5 Å². The molecule has 6 heterocycles. The van der Waals surface area contributed by atoms with Gasteiger partial charge in [-0.25, -0.2) is 9.97 Å². The van der Waals surface area contributed by atoms with Crippen LogP contribution in [0.15, 0.2) is 88.4 Å². The number of benzene rings is 2. The predicted octanol–water partition coefficient (Wildman–Crippen LogP) is 5.93. The SMILES string of the molecule is Cc1nc2cc(C(=O)Cc3nnc(-c4ccco4)s3)ccc2n1CCOCCOCCCC(=O)CC[C@H](N)C(=O)NCCOCCOCCn1cnc2cc(C(=O)Nc3nnc(-c4ccco4)s3)ccc21. The summed E-state index contributed by atoms with van der Waals surface area (Å²) in [6.45, 7) is 6.41. The number of aryl methyl sites for hydroxylation is 1. The molecule has 2 amide bonds. The highest BCUT2D eigenvalue weighted by atomic mass is 32.1. The highest BCUT2D eigenvalue weighted by Gasteiger charge is 2.18. The molecule has 8 rings (SSSR count). The minimum absolute atomic E-state index is 0.0227. The van der Waals surface area contributed by atoms with Crippen molar-refractivity contribution >= 4 is 73.3 Å². The fourth-order valence-corrected chi connectivity index (χ4v) is 8.89. The number of carbonyl (C=O) groups excluding carboxylic acids is 4. The van der Waals surface area contributed by atoms with E-state index in [1.807, 2.05) is 23.6 Å². The van der Waals surface area contributed by atoms with Crippen molar-refractivity contribution in [2.24, 2.45) is 5.73 Å². The Morgan fingerprint density at radius 3 is 2.17 bits per heavy atom. The number of nitrogens with one attached hydrogen (secondary N) is 2. The monoisotopic (exact) mass is 1010 g/mol. The maximum Gasteiger partial charge on any atom is 0.257 e. The van der Waals surface area contributed by atoms with Gasteiger partial charge in [0.15, 0.2) is 27.3 Å². The summed E-state index contributed by atoms with van der Waals surface area (Å²) in [4.78, 5) is 59.9. The van der Waals surface area contributed by atoms with E-state index in [9.17, 15) is 19.2 Å². The summed E-state index contributed by atoms with van der Waals surface area (Å²) in [5.74, 6) is 1.32. The lowest BCUT2D eigenvalue weighted by molar-refractivity contribution is -0.123. The van der Waals surface area contributed by atoms with Crippen molar-refractivity contribution in [3.8, 4) is 21.5 Å². The van der Waals surface area contributed by atoms with Gasteiger partial charge in [-0.1, -0.05) is 22.7 Å². The Hall–Kier alpha value is -6.86. The quantitative estimate of drug-likeness (QED) is 0.0348. The first kappa shape index (κ1) is 50.5. The van der Waals surface area contributed by atoms with E-state index in [1.54, 1.807) is 67.4 Å². The van der Waals surface area contributed by atoms with Crippen LogP contribution in [0.1, 0.15) is 57.2 Å². The summed E-state index contributed by atoms with van der Waals surface area (Å²) in [7, 11) is 0. The summed E-state index contributed by atoms with van der Waals surface area (Å²) in [5, 5.41) is 24.1. The molecular formula is C48H53N11O10S2. The highest BCUT2D eigenvalue weighted by molar-refractivity contribution is 7.18. The number of aromatic nitrogens is 8. The third-order valence-corrected chi connectivity index (χ3v) is 12.9. The molecule has 0 aliphatic rings. The molecule has 21 nitrogen and oxygen atoms in total. The van der Waals surface area contributed by atoms with E-state index in [0.717, 1.165) is 22.4 Å². The van der Waals surface area contributed by atoms with Gasteiger partial charge in [0.05, 0.1) is 99.6 Å². The van der Waals surface area contributed by atoms with E-state index in [2.05, 4.69) is 45.6 Å². The molecular weight excluding hydrogens is 955 g/mol. The largest absolute Gasteiger partial charge is 0.462 e. The van der Waals surface area contributed by atoms with Gasteiger partial charge in [0, 0.05) is 50.2 Å². The summed E-state index contributed by atoms with van der Waals surface area (Å²) in [6.07, 6.45) is 6.31. The normalized spacial score (nSPS) is 12.0. The molecule has 0 saturated carbocycles. The maximum absolute atomic E-state index is 13.0. The zero-order valence-electron chi connectivity index (χ0n) is 39.0. The summed E-state index contributed by atoms with van der Waals surface area (Å²) >= 11 is 2.55. The second-order valence-corrected chi connectivity index (χ2v) is 18.1. The Kier molecular flexibility index (Phi) is 18.0. The van der Waals surface area contributed by atoms with Crippen LogP contribution in [-0.4, -0.2) is 128 Å². The molecule has 0 bridgehead atoms. The lowest BCUT2D eigenvalue weighted by atomic mass is 10.1. The Labute approximate surface area is 415 Å². The van der Waals surface area contributed by atoms with E-state index >= 15 is 0 Å². The molecule has 8 aromatic rings. The Morgan fingerprint density at radius 1 is 0.732 bits per heavy atom. The lowest BCUT2D eigenvalue weighted by Crippen LogP contribution is -2.42. The average Bonchev–Trinajstić information content (AvgIpc) is 4.25. The molecule has 6 aromatic heterocycles. The van der Waals surface area contributed by atoms with E-state index in [-0.39, 0.29) is 55.8 Å². The van der Waals surface area contributed by atoms with Gasteiger partial charge in [0.1, 0.15) is 16.6 Å². The lowest BCUT2D eigenvalue weighted by Gasteiger charge is -2.12. The number of hydrogen-bond donors (Lipinski definition) is 3. The van der Waals surface area contributed by atoms with Crippen molar-refractivity contribution in [1.29, 1.82) is 0 Å². The topological polar surface area (TPSA) is 269 Å². The molecule has 0 spiro atoms. The molecule has 23 heteroatoms. The number of nitrogens with zero attached hydrogens (tertiary/aromatic N) is 8. The molecule has 0 radical (unpaired) electrons. The van der Waals surface area contributed by atoms with Crippen LogP contribution in [0.5, 0.6) is 0 Å². The van der Waals surface area contributed by atoms with Gasteiger partial charge in [-0.2, -0.15) is 0 Å². The van der Waals surface area contributed by atoms with Crippen molar-refractivity contribution in [2.45, 2.75) is 58.2 Å². The van der Waals surface area contributed by atoms with E-state index < -0.39 is 6.04 Å². The minimum atomic E-state index is -0.798. The highest BCUT2D eigenvalue weighted by Crippen LogP contribution is 2.28. The Balaban J connectivity index is 0.606. The number of rotatable bonds is 30. The number of amides is 2. The molecule has 0 saturated heterocycles. The number of nitrogens with two attached hydrogens (primary N) is 1. The van der Waals surface area contributed by atoms with Crippen molar-refractivity contribution in [3.63, 3.8) is 0 Å². The molecule has 372 valence electrons. The second-order valence-electron chi connectivity index (χ2n) is 16.1. The van der Waals surface area contributed by atoms with Gasteiger partial charge in [0.2, 0.25) is 11.0 Å². The zero-order chi connectivity index (χ0) is 49.4. The van der Waals surface area contributed by atoms with Crippen LogP contribution in [0.25, 0.3) is 43.6 Å². The van der Waals surface area contributed by atoms with Crippen molar-refractivity contribution < 1.29 is 47.0 Å². The number of anilines is 1. The molecule has 0 fully saturated rings. The average molecular weight is 1010 g/mol. The van der Waals surface area contributed by atoms with Gasteiger partial charge in [0.25, 0.3) is 5.91 Å². The fourth-order valence-electron chi connectivity index (χ4n) is 7.38.